The maximum atomic E-state index is 5.21. The Hall–Kier alpha value is -0.380. The molecule has 0 saturated heterocycles. The van der Waals surface area contributed by atoms with Crippen molar-refractivity contribution in [2.75, 3.05) is 7.05 Å². The first-order chi connectivity index (χ1) is 4.26. The van der Waals surface area contributed by atoms with Crippen molar-refractivity contribution in [1.29, 1.82) is 0 Å². The SMILES string of the molecule is C/C=C(/C)C(NC)NN. The van der Waals surface area contributed by atoms with Crippen LogP contribution < -0.4 is 16.6 Å². The van der Waals surface area contributed by atoms with Crippen molar-refractivity contribution in [1.82, 2.24) is 10.7 Å². The largest absolute Gasteiger partial charge is 0.301 e. The number of nitrogens with one attached hydrogen (secondary N) is 2. The molecule has 1 atom stereocenters. The highest BCUT2D eigenvalue weighted by molar-refractivity contribution is 5.03. The zero-order valence-corrected chi connectivity index (χ0v) is 6.23. The van der Waals surface area contributed by atoms with Gasteiger partial charge in [0.05, 0.1) is 6.17 Å². The Morgan fingerprint density at radius 1 is 1.67 bits per heavy atom. The summed E-state index contributed by atoms with van der Waals surface area (Å²) in [6.07, 6.45) is 2.12. The number of allylic oxidation sites excluding steroid dienone is 1. The maximum Gasteiger partial charge on any atom is 0.0915 e. The number of hydrazine groups is 1. The number of hydrogen-bond acceptors (Lipinski definition) is 3. The Kier molecular flexibility index (Phi) is 4.30. The summed E-state index contributed by atoms with van der Waals surface area (Å²) >= 11 is 0. The van der Waals surface area contributed by atoms with Crippen LogP contribution in [0.25, 0.3) is 0 Å². The topological polar surface area (TPSA) is 50.1 Å². The minimum atomic E-state index is 0.106. The molecule has 0 aliphatic heterocycles. The van der Waals surface area contributed by atoms with E-state index in [-0.39, 0.29) is 6.17 Å². The lowest BCUT2D eigenvalue weighted by Gasteiger charge is -2.14. The molecule has 0 spiro atoms. The van der Waals surface area contributed by atoms with E-state index in [9.17, 15) is 0 Å². The summed E-state index contributed by atoms with van der Waals surface area (Å²) in [5.74, 6) is 5.21. The van der Waals surface area contributed by atoms with E-state index >= 15 is 0 Å². The number of nitrogens with two attached hydrogens (primary N) is 1. The fourth-order valence-corrected chi connectivity index (χ4v) is 0.609. The first kappa shape index (κ1) is 8.62. The summed E-state index contributed by atoms with van der Waals surface area (Å²) in [7, 11) is 1.86. The van der Waals surface area contributed by atoms with Gasteiger partial charge in [-0.05, 0) is 26.5 Å². The Balaban J connectivity index is 3.79. The molecule has 54 valence electrons. The molecular formula is C6H15N3. The highest BCUT2D eigenvalue weighted by Gasteiger charge is 2.01. The molecule has 4 N–H and O–H groups in total. The molecule has 0 radical (unpaired) electrons. The summed E-state index contributed by atoms with van der Waals surface area (Å²) in [6, 6.07) is 0. The van der Waals surface area contributed by atoms with Gasteiger partial charge in [-0.15, -0.1) is 0 Å². The summed E-state index contributed by atoms with van der Waals surface area (Å²) in [4.78, 5) is 0. The van der Waals surface area contributed by atoms with Gasteiger partial charge in [0.25, 0.3) is 0 Å². The molecule has 0 aliphatic rings. The number of hydrogen-bond donors (Lipinski definition) is 3. The predicted octanol–water partition coefficient (Wildman–Crippen LogP) is -0.0386. The minimum absolute atomic E-state index is 0.106. The lowest BCUT2D eigenvalue weighted by Crippen LogP contribution is -2.45. The highest BCUT2D eigenvalue weighted by Crippen LogP contribution is 1.93. The van der Waals surface area contributed by atoms with Crippen molar-refractivity contribution in [3.05, 3.63) is 11.6 Å². The minimum Gasteiger partial charge on any atom is -0.301 e. The van der Waals surface area contributed by atoms with Crippen molar-refractivity contribution in [3.63, 3.8) is 0 Å². The molecule has 0 amide bonds. The molecule has 0 fully saturated rings. The van der Waals surface area contributed by atoms with Crippen LogP contribution in [0, 0.1) is 0 Å². The number of likely N-dealkylation sites (N-methyl/N-ethyl adjacent to an activating group) is 1. The molecule has 0 aromatic carbocycles. The Morgan fingerprint density at radius 2 is 2.22 bits per heavy atom. The van der Waals surface area contributed by atoms with Crippen LogP contribution in [-0.2, 0) is 0 Å². The fraction of sp³-hybridized carbons (Fsp3) is 0.667. The highest BCUT2D eigenvalue weighted by atomic mass is 15.3. The lowest BCUT2D eigenvalue weighted by atomic mass is 10.2. The van der Waals surface area contributed by atoms with Crippen LogP contribution in [0.15, 0.2) is 11.6 Å². The van der Waals surface area contributed by atoms with E-state index in [1.807, 2.05) is 27.0 Å². The molecular weight excluding hydrogens is 114 g/mol. The van der Waals surface area contributed by atoms with Crippen LogP contribution in [0.3, 0.4) is 0 Å². The molecule has 0 aromatic rings. The van der Waals surface area contributed by atoms with E-state index in [4.69, 9.17) is 5.84 Å². The van der Waals surface area contributed by atoms with Gasteiger partial charge >= 0.3 is 0 Å². The quantitative estimate of drug-likeness (QED) is 0.217. The molecule has 0 aromatic heterocycles. The van der Waals surface area contributed by atoms with Gasteiger partial charge in [-0.1, -0.05) is 6.08 Å². The molecule has 0 bridgehead atoms. The van der Waals surface area contributed by atoms with Crippen molar-refractivity contribution in [2.45, 2.75) is 20.0 Å². The van der Waals surface area contributed by atoms with Gasteiger partial charge < -0.3 is 5.32 Å². The maximum absolute atomic E-state index is 5.21. The van der Waals surface area contributed by atoms with E-state index < -0.39 is 0 Å². The Bertz CT molecular complexity index is 94.5. The average molecular weight is 129 g/mol. The molecule has 0 rings (SSSR count). The molecule has 3 heteroatoms. The van der Waals surface area contributed by atoms with Crippen molar-refractivity contribution >= 4 is 0 Å². The van der Waals surface area contributed by atoms with Crippen LogP contribution in [0.5, 0.6) is 0 Å². The van der Waals surface area contributed by atoms with E-state index in [0.717, 1.165) is 0 Å². The van der Waals surface area contributed by atoms with E-state index in [1.165, 1.54) is 5.57 Å². The van der Waals surface area contributed by atoms with Crippen LogP contribution in [0.1, 0.15) is 13.8 Å². The average Bonchev–Trinajstić information content (AvgIpc) is 1.90. The summed E-state index contributed by atoms with van der Waals surface area (Å²) in [6.45, 7) is 4.00. The van der Waals surface area contributed by atoms with Crippen molar-refractivity contribution in [2.24, 2.45) is 5.84 Å². The van der Waals surface area contributed by atoms with E-state index in [1.54, 1.807) is 0 Å². The third-order valence-electron chi connectivity index (χ3n) is 1.37. The van der Waals surface area contributed by atoms with Crippen LogP contribution in [0.4, 0.5) is 0 Å². The van der Waals surface area contributed by atoms with Crippen LogP contribution in [-0.4, -0.2) is 13.2 Å². The number of rotatable bonds is 3. The Labute approximate surface area is 56.3 Å². The van der Waals surface area contributed by atoms with Gasteiger partial charge in [0.1, 0.15) is 0 Å². The van der Waals surface area contributed by atoms with Gasteiger partial charge in [-0.2, -0.15) is 0 Å². The molecule has 1 unspecified atom stereocenters. The Morgan fingerprint density at radius 3 is 2.33 bits per heavy atom. The predicted molar refractivity (Wildman–Crippen MR) is 39.6 cm³/mol. The first-order valence-electron chi connectivity index (χ1n) is 3.02. The third kappa shape index (κ3) is 2.60. The lowest BCUT2D eigenvalue weighted by molar-refractivity contribution is 0.526. The van der Waals surface area contributed by atoms with Gasteiger partial charge in [-0.25, -0.2) is 5.43 Å². The standard InChI is InChI=1S/C6H15N3/c1-4-5(2)6(8-3)9-7/h4,6,8-9H,7H2,1-3H3/b5-4-. The molecule has 3 nitrogen and oxygen atoms in total. The van der Waals surface area contributed by atoms with Gasteiger partial charge in [-0.3, -0.25) is 5.84 Å². The van der Waals surface area contributed by atoms with E-state index in [2.05, 4.69) is 10.7 Å². The third-order valence-corrected chi connectivity index (χ3v) is 1.37. The van der Waals surface area contributed by atoms with Gasteiger partial charge in [0.15, 0.2) is 0 Å². The second kappa shape index (κ2) is 4.49. The summed E-state index contributed by atoms with van der Waals surface area (Å²) in [5, 5.41) is 3.00. The smallest absolute Gasteiger partial charge is 0.0915 e. The first-order valence-corrected chi connectivity index (χ1v) is 3.02. The van der Waals surface area contributed by atoms with Gasteiger partial charge in [0.2, 0.25) is 0 Å². The van der Waals surface area contributed by atoms with E-state index in [0.29, 0.717) is 0 Å². The van der Waals surface area contributed by atoms with Crippen molar-refractivity contribution < 1.29 is 0 Å². The second-order valence-corrected chi connectivity index (χ2v) is 1.92. The second-order valence-electron chi connectivity index (χ2n) is 1.92. The molecule has 0 aliphatic carbocycles. The van der Waals surface area contributed by atoms with Crippen LogP contribution >= 0.6 is 0 Å². The zero-order chi connectivity index (χ0) is 7.28. The van der Waals surface area contributed by atoms with Crippen LogP contribution in [0.2, 0.25) is 0 Å². The molecule has 0 saturated carbocycles. The van der Waals surface area contributed by atoms with Crippen molar-refractivity contribution in [3.8, 4) is 0 Å². The molecule has 9 heavy (non-hydrogen) atoms. The summed E-state index contributed by atoms with van der Waals surface area (Å²) in [5.41, 5.74) is 3.82. The fourth-order valence-electron chi connectivity index (χ4n) is 0.609. The molecule has 0 heterocycles. The zero-order valence-electron chi connectivity index (χ0n) is 6.23. The van der Waals surface area contributed by atoms with Gasteiger partial charge in [0, 0.05) is 0 Å². The normalized spacial score (nSPS) is 15.8. The monoisotopic (exact) mass is 129 g/mol. The summed E-state index contributed by atoms with van der Waals surface area (Å²) < 4.78 is 0.